The fraction of sp³-hybridized carbons (Fsp3) is 0.346. The van der Waals surface area contributed by atoms with E-state index >= 15 is 0 Å². The molecule has 4 heterocycles. The van der Waals surface area contributed by atoms with Crippen molar-refractivity contribution in [1.82, 2.24) is 25.0 Å². The minimum absolute atomic E-state index is 0.108. The third-order valence-electron chi connectivity index (χ3n) is 6.35. The summed E-state index contributed by atoms with van der Waals surface area (Å²) in [7, 11) is 0. The lowest BCUT2D eigenvalue weighted by atomic mass is 10.1. The highest BCUT2D eigenvalue weighted by Gasteiger charge is 2.20. The van der Waals surface area contributed by atoms with Crippen LogP contribution in [0.2, 0.25) is 0 Å². The number of carbonyl (C=O) groups excluding carboxylic acids is 1. The van der Waals surface area contributed by atoms with Gasteiger partial charge in [0.2, 0.25) is 0 Å². The molecule has 0 aliphatic carbocycles. The number of furan rings is 1. The van der Waals surface area contributed by atoms with E-state index in [9.17, 15) is 9.18 Å². The molecule has 1 saturated heterocycles. The number of anilines is 1. The number of amides is 1. The number of fused-ring (bicyclic) bond motifs is 1. The van der Waals surface area contributed by atoms with Gasteiger partial charge in [-0.25, -0.2) is 14.1 Å². The van der Waals surface area contributed by atoms with Crippen LogP contribution in [0.4, 0.5) is 10.1 Å². The molecular formula is C26H29FN6O2. The van der Waals surface area contributed by atoms with Crippen LogP contribution in [-0.4, -0.2) is 64.8 Å². The van der Waals surface area contributed by atoms with Crippen molar-refractivity contribution < 1.29 is 13.6 Å². The van der Waals surface area contributed by atoms with Gasteiger partial charge >= 0.3 is 0 Å². The summed E-state index contributed by atoms with van der Waals surface area (Å²) < 4.78 is 20.5. The van der Waals surface area contributed by atoms with E-state index in [2.05, 4.69) is 20.2 Å². The van der Waals surface area contributed by atoms with E-state index in [1.165, 1.54) is 12.1 Å². The molecule has 8 nitrogen and oxygen atoms in total. The summed E-state index contributed by atoms with van der Waals surface area (Å²) in [4.78, 5) is 22.5. The van der Waals surface area contributed by atoms with Crippen molar-refractivity contribution in [2.45, 2.75) is 19.9 Å². The van der Waals surface area contributed by atoms with E-state index in [-0.39, 0.29) is 17.8 Å². The standard InChI is InChI=1S/C26H29FN6O2/c1-18(2)33-25-22(17-29-33)21(16-23(30-25)24-4-3-15-35-24)26(34)28-9-10-31-11-13-32(14-12-31)20-7-5-19(27)6-8-20/h3-8,15-18H,9-14H2,1-2H3,(H,28,34). The maximum absolute atomic E-state index is 13.2. The van der Waals surface area contributed by atoms with Crippen molar-refractivity contribution >= 4 is 22.6 Å². The molecule has 1 aromatic carbocycles. The van der Waals surface area contributed by atoms with Crippen molar-refractivity contribution in [2.75, 3.05) is 44.2 Å². The Morgan fingerprint density at radius 1 is 1.14 bits per heavy atom. The van der Waals surface area contributed by atoms with Crippen LogP contribution in [0.1, 0.15) is 30.2 Å². The quantitative estimate of drug-likeness (QED) is 0.435. The number of nitrogens with zero attached hydrogens (tertiary/aromatic N) is 5. The van der Waals surface area contributed by atoms with Gasteiger partial charge < -0.3 is 14.6 Å². The molecule has 182 valence electrons. The normalized spacial score (nSPS) is 14.7. The Balaban J connectivity index is 1.23. The topological polar surface area (TPSA) is 79.4 Å². The zero-order chi connectivity index (χ0) is 24.4. The molecule has 0 unspecified atom stereocenters. The van der Waals surface area contributed by atoms with E-state index in [0.717, 1.165) is 43.8 Å². The van der Waals surface area contributed by atoms with Gasteiger partial charge in [-0.05, 0) is 56.3 Å². The first-order chi connectivity index (χ1) is 17.0. The molecule has 0 atom stereocenters. The number of pyridine rings is 1. The summed E-state index contributed by atoms with van der Waals surface area (Å²) in [5.41, 5.74) is 2.84. The van der Waals surface area contributed by atoms with Crippen LogP contribution in [0, 0.1) is 5.82 Å². The molecule has 3 aromatic heterocycles. The van der Waals surface area contributed by atoms with Crippen molar-refractivity contribution in [3.63, 3.8) is 0 Å². The summed E-state index contributed by atoms with van der Waals surface area (Å²) in [6, 6.07) is 12.1. The van der Waals surface area contributed by atoms with E-state index < -0.39 is 0 Å². The first-order valence-electron chi connectivity index (χ1n) is 11.9. The third-order valence-corrected chi connectivity index (χ3v) is 6.35. The fourth-order valence-electron chi connectivity index (χ4n) is 4.44. The second-order valence-corrected chi connectivity index (χ2v) is 9.01. The smallest absolute Gasteiger partial charge is 0.252 e. The maximum Gasteiger partial charge on any atom is 0.252 e. The van der Waals surface area contributed by atoms with Crippen LogP contribution >= 0.6 is 0 Å². The van der Waals surface area contributed by atoms with Crippen LogP contribution in [0.15, 0.2) is 59.3 Å². The lowest BCUT2D eigenvalue weighted by Crippen LogP contribution is -2.48. The van der Waals surface area contributed by atoms with Gasteiger partial charge in [0.25, 0.3) is 5.91 Å². The van der Waals surface area contributed by atoms with E-state index in [4.69, 9.17) is 9.40 Å². The highest BCUT2D eigenvalue weighted by molar-refractivity contribution is 6.06. The zero-order valence-electron chi connectivity index (χ0n) is 19.9. The van der Waals surface area contributed by atoms with Crippen molar-refractivity contribution in [3.8, 4) is 11.5 Å². The highest BCUT2D eigenvalue weighted by atomic mass is 19.1. The van der Waals surface area contributed by atoms with Gasteiger partial charge in [0.15, 0.2) is 11.4 Å². The fourth-order valence-corrected chi connectivity index (χ4v) is 4.44. The maximum atomic E-state index is 13.2. The number of halogens is 1. The summed E-state index contributed by atoms with van der Waals surface area (Å²) >= 11 is 0. The third kappa shape index (κ3) is 4.90. The Morgan fingerprint density at radius 3 is 2.60 bits per heavy atom. The first-order valence-corrected chi connectivity index (χ1v) is 11.9. The van der Waals surface area contributed by atoms with Gasteiger partial charge in [-0.15, -0.1) is 0 Å². The van der Waals surface area contributed by atoms with Crippen molar-refractivity contribution in [1.29, 1.82) is 0 Å². The lowest BCUT2D eigenvalue weighted by molar-refractivity contribution is 0.0949. The average molecular weight is 477 g/mol. The number of piperazine rings is 1. The van der Waals surface area contributed by atoms with Crippen LogP contribution in [-0.2, 0) is 0 Å². The molecule has 1 amide bonds. The van der Waals surface area contributed by atoms with Crippen LogP contribution in [0.25, 0.3) is 22.5 Å². The molecule has 5 rings (SSSR count). The Morgan fingerprint density at radius 2 is 1.91 bits per heavy atom. The van der Waals surface area contributed by atoms with Crippen molar-refractivity contribution in [3.05, 3.63) is 66.3 Å². The molecule has 0 bridgehead atoms. The predicted octanol–water partition coefficient (Wildman–Crippen LogP) is 3.96. The van der Waals surface area contributed by atoms with E-state index in [1.807, 2.05) is 36.7 Å². The molecule has 0 radical (unpaired) electrons. The molecule has 35 heavy (non-hydrogen) atoms. The number of carbonyl (C=O) groups is 1. The minimum atomic E-state index is -0.220. The Labute approximate surface area is 203 Å². The summed E-state index contributed by atoms with van der Waals surface area (Å²) in [5.74, 6) is 0.234. The first kappa shape index (κ1) is 23.0. The Bertz CT molecular complexity index is 1290. The number of rotatable bonds is 7. The molecule has 4 aromatic rings. The summed E-state index contributed by atoms with van der Waals surface area (Å²) in [6.45, 7) is 8.86. The molecule has 0 spiro atoms. The van der Waals surface area contributed by atoms with Gasteiger partial charge in [-0.1, -0.05) is 0 Å². The summed E-state index contributed by atoms with van der Waals surface area (Å²) in [5, 5.41) is 8.25. The second kappa shape index (κ2) is 9.87. The Hall–Kier alpha value is -3.72. The number of aromatic nitrogens is 3. The van der Waals surface area contributed by atoms with Gasteiger partial charge in [0.05, 0.1) is 23.4 Å². The molecule has 1 aliphatic heterocycles. The predicted molar refractivity (Wildman–Crippen MR) is 133 cm³/mol. The highest BCUT2D eigenvalue weighted by Crippen LogP contribution is 2.26. The monoisotopic (exact) mass is 476 g/mol. The van der Waals surface area contributed by atoms with Crippen LogP contribution in [0.3, 0.4) is 0 Å². The molecule has 1 fully saturated rings. The second-order valence-electron chi connectivity index (χ2n) is 9.01. The summed E-state index contributed by atoms with van der Waals surface area (Å²) in [6.07, 6.45) is 3.30. The van der Waals surface area contributed by atoms with E-state index in [1.54, 1.807) is 24.6 Å². The van der Waals surface area contributed by atoms with Crippen molar-refractivity contribution in [2.24, 2.45) is 0 Å². The SMILES string of the molecule is CC(C)n1ncc2c(C(=O)NCCN3CCN(c4ccc(F)cc4)CC3)cc(-c3ccco3)nc21. The van der Waals surface area contributed by atoms with Gasteiger partial charge in [-0.2, -0.15) is 5.10 Å². The molecule has 1 aliphatic rings. The molecule has 0 saturated carbocycles. The Kier molecular flexibility index (Phi) is 6.50. The van der Waals surface area contributed by atoms with Gasteiger partial charge in [-0.3, -0.25) is 9.69 Å². The molecule has 9 heteroatoms. The number of benzene rings is 1. The average Bonchev–Trinajstić information content (AvgIpc) is 3.55. The number of nitrogens with one attached hydrogen (secondary N) is 1. The number of hydrogen-bond donors (Lipinski definition) is 1. The molecule has 1 N–H and O–H groups in total. The van der Waals surface area contributed by atoms with E-state index in [0.29, 0.717) is 29.2 Å². The van der Waals surface area contributed by atoms with Gasteiger partial charge in [0.1, 0.15) is 11.5 Å². The minimum Gasteiger partial charge on any atom is -0.463 e. The zero-order valence-corrected chi connectivity index (χ0v) is 19.9. The van der Waals surface area contributed by atoms with Crippen LogP contribution in [0.5, 0.6) is 0 Å². The van der Waals surface area contributed by atoms with Crippen LogP contribution < -0.4 is 10.2 Å². The van der Waals surface area contributed by atoms with Gasteiger partial charge in [0, 0.05) is 51.0 Å². The largest absolute Gasteiger partial charge is 0.463 e. The number of hydrogen-bond acceptors (Lipinski definition) is 6. The molecular weight excluding hydrogens is 447 g/mol. The lowest BCUT2D eigenvalue weighted by Gasteiger charge is -2.36.